The van der Waals surface area contributed by atoms with Gasteiger partial charge in [0.05, 0.1) is 6.42 Å². The lowest BCUT2D eigenvalue weighted by Crippen LogP contribution is -1.97. The summed E-state index contributed by atoms with van der Waals surface area (Å²) in [4.78, 5) is 8.66. The van der Waals surface area contributed by atoms with Gasteiger partial charge in [0.15, 0.2) is 12.4 Å². The molecule has 0 saturated heterocycles. The number of hydrogen-bond acceptors (Lipinski definition) is 7. The monoisotopic (exact) mass is 302 g/mol. The Morgan fingerprint density at radius 3 is 2.76 bits per heavy atom. The molecule has 2 N–H and O–H groups in total. The fourth-order valence-electron chi connectivity index (χ4n) is 1.75. The summed E-state index contributed by atoms with van der Waals surface area (Å²) in [6.45, 7) is 2.19. The van der Waals surface area contributed by atoms with Gasteiger partial charge in [-0.05, 0) is 31.2 Å². The Morgan fingerprint density at radius 1 is 1.24 bits per heavy atom. The molecule has 0 spiro atoms. The van der Waals surface area contributed by atoms with E-state index in [1.54, 1.807) is 35.6 Å². The third-order valence-electron chi connectivity index (χ3n) is 2.73. The Morgan fingerprint density at radius 2 is 2.05 bits per heavy atom. The van der Waals surface area contributed by atoms with Gasteiger partial charge in [-0.3, -0.25) is 0 Å². The maximum absolute atomic E-state index is 5.61. The van der Waals surface area contributed by atoms with Crippen LogP contribution in [0.1, 0.15) is 22.4 Å². The van der Waals surface area contributed by atoms with E-state index >= 15 is 0 Å². The average Bonchev–Trinajstić information content (AvgIpc) is 3.08. The third kappa shape index (κ3) is 3.57. The van der Waals surface area contributed by atoms with Crippen molar-refractivity contribution in [2.75, 3.05) is 5.73 Å². The van der Waals surface area contributed by atoms with Crippen molar-refractivity contribution in [2.45, 2.75) is 20.0 Å². The van der Waals surface area contributed by atoms with Crippen LogP contribution in [0.15, 0.2) is 34.2 Å². The standard InChI is InChI=1S/C14H14N4O2S/c1-9-8-21-14(16-9)6-12-17-13(20-18-12)7-19-11-4-2-10(15)3-5-11/h2-5,8H,6-7,15H2,1H3. The molecule has 21 heavy (non-hydrogen) atoms. The van der Waals surface area contributed by atoms with Crippen molar-refractivity contribution < 1.29 is 9.26 Å². The van der Waals surface area contributed by atoms with Crippen LogP contribution in [0.5, 0.6) is 5.75 Å². The van der Waals surface area contributed by atoms with E-state index in [1.165, 1.54) is 0 Å². The molecule has 7 heteroatoms. The van der Waals surface area contributed by atoms with Crippen LogP contribution in [-0.2, 0) is 13.0 Å². The Kier molecular flexibility index (Phi) is 3.83. The Bertz CT molecular complexity index is 721. The maximum atomic E-state index is 5.61. The average molecular weight is 302 g/mol. The molecule has 0 fully saturated rings. The van der Waals surface area contributed by atoms with Crippen LogP contribution in [0, 0.1) is 6.92 Å². The molecule has 2 aromatic heterocycles. The van der Waals surface area contributed by atoms with Gasteiger partial charge in [-0.1, -0.05) is 5.16 Å². The molecule has 0 aliphatic carbocycles. The summed E-state index contributed by atoms with van der Waals surface area (Å²) in [6, 6.07) is 7.15. The summed E-state index contributed by atoms with van der Waals surface area (Å²) >= 11 is 1.59. The van der Waals surface area contributed by atoms with Gasteiger partial charge in [-0.25, -0.2) is 4.98 Å². The van der Waals surface area contributed by atoms with E-state index in [1.807, 2.05) is 12.3 Å². The highest BCUT2D eigenvalue weighted by Crippen LogP contribution is 2.16. The number of aromatic nitrogens is 3. The number of aryl methyl sites for hydroxylation is 1. The smallest absolute Gasteiger partial charge is 0.264 e. The maximum Gasteiger partial charge on any atom is 0.264 e. The molecule has 108 valence electrons. The number of rotatable bonds is 5. The van der Waals surface area contributed by atoms with E-state index in [0.29, 0.717) is 29.6 Å². The van der Waals surface area contributed by atoms with E-state index in [0.717, 1.165) is 10.7 Å². The van der Waals surface area contributed by atoms with Gasteiger partial charge in [-0.2, -0.15) is 4.98 Å². The zero-order chi connectivity index (χ0) is 14.7. The van der Waals surface area contributed by atoms with Crippen molar-refractivity contribution in [1.29, 1.82) is 0 Å². The van der Waals surface area contributed by atoms with Gasteiger partial charge in [0.1, 0.15) is 10.8 Å². The zero-order valence-corrected chi connectivity index (χ0v) is 12.3. The summed E-state index contributed by atoms with van der Waals surface area (Å²) in [5.74, 6) is 1.76. The van der Waals surface area contributed by atoms with E-state index in [9.17, 15) is 0 Å². The SMILES string of the molecule is Cc1csc(Cc2noc(COc3ccc(N)cc3)n2)n1. The van der Waals surface area contributed by atoms with E-state index in [-0.39, 0.29) is 6.61 Å². The molecule has 0 aliphatic rings. The van der Waals surface area contributed by atoms with E-state index < -0.39 is 0 Å². The van der Waals surface area contributed by atoms with Crippen LogP contribution in [0.4, 0.5) is 5.69 Å². The molecule has 2 heterocycles. The summed E-state index contributed by atoms with van der Waals surface area (Å²) in [7, 11) is 0. The molecule has 0 amide bonds. The quantitative estimate of drug-likeness (QED) is 0.729. The van der Waals surface area contributed by atoms with Crippen molar-refractivity contribution in [1.82, 2.24) is 15.1 Å². The van der Waals surface area contributed by atoms with Crippen LogP contribution in [-0.4, -0.2) is 15.1 Å². The second-order valence-electron chi connectivity index (χ2n) is 4.52. The topological polar surface area (TPSA) is 87.1 Å². The summed E-state index contributed by atoms with van der Waals surface area (Å²) in [5, 5.41) is 6.90. The number of anilines is 1. The molecular formula is C14H14N4O2S. The first kappa shape index (κ1) is 13.6. The highest BCUT2D eigenvalue weighted by molar-refractivity contribution is 7.09. The minimum absolute atomic E-state index is 0.230. The molecule has 1 aromatic carbocycles. The van der Waals surface area contributed by atoms with Gasteiger partial charge in [-0.15, -0.1) is 11.3 Å². The number of hydrogen-bond donors (Lipinski definition) is 1. The molecule has 0 bridgehead atoms. The van der Waals surface area contributed by atoms with Crippen molar-refractivity contribution in [3.63, 3.8) is 0 Å². The molecular weight excluding hydrogens is 288 g/mol. The molecule has 0 atom stereocenters. The van der Waals surface area contributed by atoms with Crippen LogP contribution in [0.3, 0.4) is 0 Å². The van der Waals surface area contributed by atoms with Gasteiger partial charge >= 0.3 is 0 Å². The molecule has 0 saturated carbocycles. The fourth-order valence-corrected chi connectivity index (χ4v) is 2.52. The number of ether oxygens (including phenoxy) is 1. The first-order valence-corrected chi connectivity index (χ1v) is 7.28. The van der Waals surface area contributed by atoms with Crippen LogP contribution in [0.2, 0.25) is 0 Å². The van der Waals surface area contributed by atoms with Gasteiger partial charge in [0.25, 0.3) is 5.89 Å². The van der Waals surface area contributed by atoms with E-state index in [4.69, 9.17) is 15.0 Å². The lowest BCUT2D eigenvalue weighted by atomic mass is 10.3. The van der Waals surface area contributed by atoms with Crippen molar-refractivity contribution in [3.05, 3.63) is 52.1 Å². The van der Waals surface area contributed by atoms with Gasteiger partial charge in [0.2, 0.25) is 0 Å². The lowest BCUT2D eigenvalue weighted by molar-refractivity contribution is 0.242. The number of nitrogens with two attached hydrogens (primary N) is 1. The lowest BCUT2D eigenvalue weighted by Gasteiger charge is -2.02. The zero-order valence-electron chi connectivity index (χ0n) is 11.4. The molecule has 0 unspecified atom stereocenters. The predicted octanol–water partition coefficient (Wildman–Crippen LogP) is 2.59. The molecule has 6 nitrogen and oxygen atoms in total. The Hall–Kier alpha value is -2.41. The fraction of sp³-hybridized carbons (Fsp3) is 0.214. The Labute approximate surface area is 125 Å². The van der Waals surface area contributed by atoms with Crippen molar-refractivity contribution >= 4 is 17.0 Å². The molecule has 3 aromatic rings. The minimum Gasteiger partial charge on any atom is -0.484 e. The van der Waals surface area contributed by atoms with E-state index in [2.05, 4.69) is 15.1 Å². The highest BCUT2D eigenvalue weighted by atomic mass is 32.1. The summed E-state index contributed by atoms with van der Waals surface area (Å²) in [6.07, 6.45) is 0.573. The molecule has 3 rings (SSSR count). The van der Waals surface area contributed by atoms with Crippen LogP contribution < -0.4 is 10.5 Å². The van der Waals surface area contributed by atoms with Gasteiger partial charge < -0.3 is 15.0 Å². The van der Waals surface area contributed by atoms with Crippen molar-refractivity contribution in [2.24, 2.45) is 0 Å². The van der Waals surface area contributed by atoms with Crippen molar-refractivity contribution in [3.8, 4) is 5.75 Å². The van der Waals surface area contributed by atoms with Gasteiger partial charge in [0, 0.05) is 16.8 Å². The summed E-state index contributed by atoms with van der Waals surface area (Å²) < 4.78 is 10.7. The Balaban J connectivity index is 1.58. The second-order valence-corrected chi connectivity index (χ2v) is 5.46. The normalized spacial score (nSPS) is 10.7. The van der Waals surface area contributed by atoms with Crippen LogP contribution >= 0.6 is 11.3 Å². The predicted molar refractivity (Wildman–Crippen MR) is 79.1 cm³/mol. The first-order chi connectivity index (χ1) is 10.2. The number of thiazole rings is 1. The summed E-state index contributed by atoms with van der Waals surface area (Å²) in [5.41, 5.74) is 7.31. The highest BCUT2D eigenvalue weighted by Gasteiger charge is 2.09. The number of nitrogen functional groups attached to an aromatic ring is 1. The minimum atomic E-state index is 0.230. The second kappa shape index (κ2) is 5.92. The molecule has 0 aliphatic heterocycles. The third-order valence-corrected chi connectivity index (χ3v) is 3.70. The number of benzene rings is 1. The van der Waals surface area contributed by atoms with Crippen LogP contribution in [0.25, 0.3) is 0 Å². The number of nitrogens with zero attached hydrogens (tertiary/aromatic N) is 3. The first-order valence-electron chi connectivity index (χ1n) is 6.40. The largest absolute Gasteiger partial charge is 0.484 e. The molecule has 0 radical (unpaired) electrons.